The molecule has 0 radical (unpaired) electrons. The van der Waals surface area contributed by atoms with Crippen LogP contribution in [0.3, 0.4) is 0 Å². The van der Waals surface area contributed by atoms with Gasteiger partial charge in [-0.05, 0) is 17.4 Å². The maximum atomic E-state index is 11.8. The molecule has 25 heavy (non-hydrogen) atoms. The second-order valence-corrected chi connectivity index (χ2v) is 8.70. The Morgan fingerprint density at radius 3 is 2.40 bits per heavy atom. The first-order valence-corrected chi connectivity index (χ1v) is 9.42. The van der Waals surface area contributed by atoms with Gasteiger partial charge in [0.1, 0.15) is 6.10 Å². The molecule has 1 aliphatic heterocycles. The molecule has 0 spiro atoms. The minimum atomic E-state index is -3.49. The summed E-state index contributed by atoms with van der Waals surface area (Å²) in [6, 6.07) is 0. The molecule has 0 aromatic heterocycles. The molecule has 1 aliphatic rings. The standard InChI is InChI=1S/C13H20N4O7S/c1-13(2,8-15-16-14)6-9(7-25(3,21)22)23-12(20)24-17-10(18)4-5-11(17)19/h9H,4-8H2,1-3H3. The first kappa shape index (κ1) is 20.7. The predicted octanol–water partition coefficient (Wildman–Crippen LogP) is 1.34. The number of hydroxylamine groups is 2. The van der Waals surface area contributed by atoms with Gasteiger partial charge >= 0.3 is 6.16 Å². The average molecular weight is 376 g/mol. The van der Waals surface area contributed by atoms with Gasteiger partial charge in [0.2, 0.25) is 0 Å². The third kappa shape index (κ3) is 7.40. The molecule has 0 saturated carbocycles. The van der Waals surface area contributed by atoms with Crippen molar-refractivity contribution in [3.8, 4) is 0 Å². The summed E-state index contributed by atoms with van der Waals surface area (Å²) in [4.78, 5) is 41.9. The zero-order valence-corrected chi connectivity index (χ0v) is 15.0. The topological polar surface area (TPSA) is 156 Å². The molecule has 0 aliphatic carbocycles. The number of hydrogen-bond donors (Lipinski definition) is 0. The van der Waals surface area contributed by atoms with E-state index in [1.54, 1.807) is 13.8 Å². The molecule has 140 valence electrons. The molecule has 11 nitrogen and oxygen atoms in total. The fraction of sp³-hybridized carbons (Fsp3) is 0.769. The largest absolute Gasteiger partial charge is 0.534 e. The average Bonchev–Trinajstić information content (AvgIpc) is 2.74. The van der Waals surface area contributed by atoms with Crippen LogP contribution in [-0.4, -0.2) is 56.1 Å². The van der Waals surface area contributed by atoms with Crippen LogP contribution in [0.25, 0.3) is 10.4 Å². The van der Waals surface area contributed by atoms with E-state index in [0.717, 1.165) is 6.26 Å². The molecule has 1 atom stereocenters. The maximum Gasteiger partial charge on any atom is 0.534 e. The van der Waals surface area contributed by atoms with Gasteiger partial charge in [0.25, 0.3) is 11.8 Å². The summed E-state index contributed by atoms with van der Waals surface area (Å²) in [5, 5.41) is 3.75. The Morgan fingerprint density at radius 2 is 1.92 bits per heavy atom. The smallest absolute Gasteiger partial charge is 0.428 e. The number of azide groups is 1. The van der Waals surface area contributed by atoms with Crippen LogP contribution in [0.1, 0.15) is 33.1 Å². The van der Waals surface area contributed by atoms with Crippen LogP contribution < -0.4 is 0 Å². The van der Waals surface area contributed by atoms with Crippen molar-refractivity contribution in [1.29, 1.82) is 0 Å². The number of amides is 2. The Morgan fingerprint density at radius 1 is 1.36 bits per heavy atom. The summed E-state index contributed by atoms with van der Waals surface area (Å²) in [6.45, 7) is 3.48. The van der Waals surface area contributed by atoms with Crippen LogP contribution >= 0.6 is 0 Å². The Labute approximate surface area is 144 Å². The van der Waals surface area contributed by atoms with Crippen LogP contribution in [-0.2, 0) is 29.0 Å². The van der Waals surface area contributed by atoms with Crippen LogP contribution in [0.2, 0.25) is 0 Å². The van der Waals surface area contributed by atoms with E-state index in [9.17, 15) is 22.8 Å². The molecule has 0 aromatic rings. The quantitative estimate of drug-likeness (QED) is 0.203. The van der Waals surface area contributed by atoms with Gasteiger partial charge < -0.3 is 4.74 Å². The zero-order chi connectivity index (χ0) is 19.3. The number of imide groups is 1. The van der Waals surface area contributed by atoms with Gasteiger partial charge in [-0.25, -0.2) is 13.2 Å². The van der Waals surface area contributed by atoms with E-state index >= 15 is 0 Å². The zero-order valence-electron chi connectivity index (χ0n) is 14.2. The highest BCUT2D eigenvalue weighted by atomic mass is 32.2. The number of ether oxygens (including phenoxy) is 1. The van der Waals surface area contributed by atoms with Gasteiger partial charge in [-0.2, -0.15) is 0 Å². The summed E-state index contributed by atoms with van der Waals surface area (Å²) in [5.41, 5.74) is 7.74. The number of hydrogen-bond acceptors (Lipinski definition) is 8. The lowest BCUT2D eigenvalue weighted by atomic mass is 9.87. The molecular formula is C13H20N4O7S. The number of nitrogens with zero attached hydrogens (tertiary/aromatic N) is 4. The molecule has 1 saturated heterocycles. The summed E-state index contributed by atoms with van der Waals surface area (Å²) in [6.07, 6.45) is -1.55. The van der Waals surface area contributed by atoms with Gasteiger partial charge in [0.15, 0.2) is 9.84 Å². The maximum absolute atomic E-state index is 11.8. The van der Waals surface area contributed by atoms with Crippen molar-refractivity contribution < 1.29 is 32.4 Å². The van der Waals surface area contributed by atoms with Crippen molar-refractivity contribution in [2.45, 2.75) is 39.2 Å². The normalized spacial score (nSPS) is 16.4. The minimum Gasteiger partial charge on any atom is -0.428 e. The fourth-order valence-corrected chi connectivity index (χ4v) is 3.13. The van der Waals surface area contributed by atoms with Crippen molar-refractivity contribution in [3.63, 3.8) is 0 Å². The molecular weight excluding hydrogens is 356 g/mol. The summed E-state index contributed by atoms with van der Waals surface area (Å²) in [7, 11) is -3.49. The molecule has 1 fully saturated rings. The lowest BCUT2D eigenvalue weighted by Crippen LogP contribution is -2.37. The van der Waals surface area contributed by atoms with Crippen molar-refractivity contribution in [2.75, 3.05) is 18.6 Å². The molecule has 0 aromatic carbocycles. The highest BCUT2D eigenvalue weighted by Gasteiger charge is 2.35. The number of carbonyl (C=O) groups is 3. The van der Waals surface area contributed by atoms with E-state index in [2.05, 4.69) is 14.9 Å². The molecule has 1 rings (SSSR count). The second-order valence-electron chi connectivity index (χ2n) is 6.51. The number of sulfone groups is 1. The highest BCUT2D eigenvalue weighted by Crippen LogP contribution is 2.25. The molecule has 12 heteroatoms. The van der Waals surface area contributed by atoms with Crippen LogP contribution in [0, 0.1) is 5.41 Å². The van der Waals surface area contributed by atoms with E-state index < -0.39 is 45.1 Å². The van der Waals surface area contributed by atoms with Crippen LogP contribution in [0.5, 0.6) is 0 Å². The van der Waals surface area contributed by atoms with E-state index in [4.69, 9.17) is 10.3 Å². The highest BCUT2D eigenvalue weighted by molar-refractivity contribution is 7.90. The first-order chi connectivity index (χ1) is 11.4. The van der Waals surface area contributed by atoms with Crippen molar-refractivity contribution in [1.82, 2.24) is 5.06 Å². The first-order valence-electron chi connectivity index (χ1n) is 7.36. The molecule has 1 heterocycles. The Balaban J connectivity index is 2.78. The Kier molecular flexibility index (Phi) is 6.77. The summed E-state index contributed by atoms with van der Waals surface area (Å²) < 4.78 is 28.1. The summed E-state index contributed by atoms with van der Waals surface area (Å²) in [5.74, 6) is -1.83. The van der Waals surface area contributed by atoms with Gasteiger partial charge in [0, 0.05) is 30.6 Å². The molecule has 1 unspecified atom stereocenters. The van der Waals surface area contributed by atoms with E-state index in [1.165, 1.54) is 0 Å². The Bertz CT molecular complexity index is 681. The molecule has 0 bridgehead atoms. The van der Waals surface area contributed by atoms with E-state index in [0.29, 0.717) is 5.06 Å². The summed E-state index contributed by atoms with van der Waals surface area (Å²) >= 11 is 0. The minimum absolute atomic E-state index is 0.0608. The lowest BCUT2D eigenvalue weighted by Gasteiger charge is -2.27. The van der Waals surface area contributed by atoms with Gasteiger partial charge in [0.05, 0.1) is 5.75 Å². The van der Waals surface area contributed by atoms with Crippen LogP contribution in [0.15, 0.2) is 5.11 Å². The van der Waals surface area contributed by atoms with Gasteiger partial charge in [-0.3, -0.25) is 14.4 Å². The molecule has 2 amide bonds. The van der Waals surface area contributed by atoms with Crippen LogP contribution in [0.4, 0.5) is 4.79 Å². The van der Waals surface area contributed by atoms with E-state index in [1.807, 2.05) is 0 Å². The monoisotopic (exact) mass is 376 g/mol. The van der Waals surface area contributed by atoms with Gasteiger partial charge in [-0.1, -0.05) is 24.0 Å². The number of rotatable bonds is 8. The Hall–Kier alpha value is -2.33. The third-order valence-corrected chi connectivity index (χ3v) is 4.24. The van der Waals surface area contributed by atoms with E-state index in [-0.39, 0.29) is 25.8 Å². The van der Waals surface area contributed by atoms with Crippen molar-refractivity contribution in [3.05, 3.63) is 10.4 Å². The lowest BCUT2D eigenvalue weighted by molar-refractivity contribution is -0.178. The fourth-order valence-electron chi connectivity index (χ4n) is 2.27. The molecule has 0 N–H and O–H groups in total. The SMILES string of the molecule is CC(C)(CN=[N+]=[N-])CC(CS(C)(=O)=O)OC(=O)ON1C(=O)CCC1=O. The predicted molar refractivity (Wildman–Crippen MR) is 84.6 cm³/mol. The van der Waals surface area contributed by atoms with Crippen molar-refractivity contribution >= 4 is 27.8 Å². The van der Waals surface area contributed by atoms with Gasteiger partial charge in [-0.15, -0.1) is 0 Å². The second kappa shape index (κ2) is 8.17. The number of carbonyl (C=O) groups excluding carboxylic acids is 3. The van der Waals surface area contributed by atoms with Crippen molar-refractivity contribution in [2.24, 2.45) is 10.5 Å². The third-order valence-electron chi connectivity index (χ3n) is 3.27.